The summed E-state index contributed by atoms with van der Waals surface area (Å²) in [4.78, 5) is 37.3. The standard InChI is InChI=1S/C36H36Cl2N2O4.CH4/c1-22(19-33(41)42)39-34(43)26-7-5-23(6-8-26)20-31(25-9-13-27(14-10-25)36(2,3)4)35(44)40-29-16-11-24(12-17-29)30-18-15-28(37)21-32(30)38;/h5-18,21-22,31H,19-20H2,1-4H3,(H,39,43)(H,40,44)(H,41,42);1H4. The van der Waals surface area contributed by atoms with Crippen LogP contribution >= 0.6 is 23.2 Å². The lowest BCUT2D eigenvalue weighted by molar-refractivity contribution is -0.137. The number of halogens is 2. The van der Waals surface area contributed by atoms with Crippen molar-refractivity contribution in [3.63, 3.8) is 0 Å². The van der Waals surface area contributed by atoms with Crippen LogP contribution < -0.4 is 10.6 Å². The monoisotopic (exact) mass is 646 g/mol. The van der Waals surface area contributed by atoms with E-state index >= 15 is 0 Å². The summed E-state index contributed by atoms with van der Waals surface area (Å²) in [5, 5.41) is 15.8. The van der Waals surface area contributed by atoms with Crippen LogP contribution in [0.1, 0.15) is 74.5 Å². The van der Waals surface area contributed by atoms with E-state index in [9.17, 15) is 14.4 Å². The third kappa shape index (κ3) is 9.68. The molecule has 8 heteroatoms. The molecular formula is C37H40Cl2N2O4. The molecule has 6 nitrogen and oxygen atoms in total. The van der Waals surface area contributed by atoms with E-state index in [1.807, 2.05) is 54.6 Å². The molecule has 0 aliphatic rings. The Morgan fingerprint density at radius 1 is 0.844 bits per heavy atom. The third-order valence-corrected chi connectivity index (χ3v) is 7.95. The van der Waals surface area contributed by atoms with E-state index in [4.69, 9.17) is 28.3 Å². The molecule has 2 amide bonds. The zero-order valence-electron chi connectivity index (χ0n) is 25.2. The van der Waals surface area contributed by atoms with Gasteiger partial charge in [-0.2, -0.15) is 0 Å². The molecule has 4 rings (SSSR count). The van der Waals surface area contributed by atoms with Gasteiger partial charge in [0.05, 0.1) is 12.3 Å². The maximum absolute atomic E-state index is 13.8. The van der Waals surface area contributed by atoms with Gasteiger partial charge in [-0.3, -0.25) is 14.4 Å². The first kappa shape index (κ1) is 35.4. The molecule has 0 spiro atoms. The van der Waals surface area contributed by atoms with Crippen LogP contribution in [0.4, 0.5) is 5.69 Å². The van der Waals surface area contributed by atoms with Gasteiger partial charge in [-0.15, -0.1) is 0 Å². The summed E-state index contributed by atoms with van der Waals surface area (Å²) in [5.74, 6) is -1.98. The quantitative estimate of drug-likeness (QED) is 0.160. The first-order valence-corrected chi connectivity index (χ1v) is 15.1. The Kier molecular flexibility index (Phi) is 12.0. The zero-order chi connectivity index (χ0) is 32.0. The average molecular weight is 648 g/mol. The lowest BCUT2D eigenvalue weighted by Gasteiger charge is -2.22. The van der Waals surface area contributed by atoms with Crippen LogP contribution in [0.5, 0.6) is 0 Å². The number of carboxylic acids is 1. The van der Waals surface area contributed by atoms with Crippen LogP contribution in [0.25, 0.3) is 11.1 Å². The van der Waals surface area contributed by atoms with Gasteiger partial charge in [0.2, 0.25) is 5.91 Å². The van der Waals surface area contributed by atoms with Gasteiger partial charge in [0.25, 0.3) is 5.91 Å². The van der Waals surface area contributed by atoms with Gasteiger partial charge in [-0.1, -0.05) is 106 Å². The Labute approximate surface area is 275 Å². The van der Waals surface area contributed by atoms with Gasteiger partial charge in [-0.25, -0.2) is 0 Å². The van der Waals surface area contributed by atoms with E-state index in [1.54, 1.807) is 31.2 Å². The van der Waals surface area contributed by atoms with E-state index in [1.165, 1.54) is 5.56 Å². The van der Waals surface area contributed by atoms with Gasteiger partial charge in [0.15, 0.2) is 0 Å². The molecular weight excluding hydrogens is 607 g/mol. The first-order valence-electron chi connectivity index (χ1n) is 14.4. The summed E-state index contributed by atoms with van der Waals surface area (Å²) in [7, 11) is 0. The summed E-state index contributed by atoms with van der Waals surface area (Å²) in [6, 6.07) is 27.5. The van der Waals surface area contributed by atoms with Crippen LogP contribution in [0.3, 0.4) is 0 Å². The Morgan fingerprint density at radius 2 is 1.47 bits per heavy atom. The molecule has 45 heavy (non-hydrogen) atoms. The van der Waals surface area contributed by atoms with Crippen molar-refractivity contribution >= 4 is 46.7 Å². The predicted octanol–water partition coefficient (Wildman–Crippen LogP) is 9.15. The molecule has 0 bridgehead atoms. The van der Waals surface area contributed by atoms with E-state index in [0.717, 1.165) is 22.3 Å². The van der Waals surface area contributed by atoms with Crippen molar-refractivity contribution in [3.05, 3.63) is 123 Å². The lowest BCUT2D eigenvalue weighted by atomic mass is 9.84. The number of hydrogen-bond acceptors (Lipinski definition) is 3. The molecule has 3 N–H and O–H groups in total. The van der Waals surface area contributed by atoms with E-state index < -0.39 is 17.9 Å². The minimum atomic E-state index is -0.977. The Balaban J connectivity index is 0.00000552. The second kappa shape index (κ2) is 15.2. The highest BCUT2D eigenvalue weighted by molar-refractivity contribution is 6.36. The molecule has 4 aromatic rings. The average Bonchev–Trinajstić information content (AvgIpc) is 2.96. The molecule has 236 valence electrons. The second-order valence-corrected chi connectivity index (χ2v) is 12.8. The normalized spacial score (nSPS) is 12.4. The fourth-order valence-electron chi connectivity index (χ4n) is 4.91. The van der Waals surface area contributed by atoms with Crippen LogP contribution in [-0.2, 0) is 21.4 Å². The second-order valence-electron chi connectivity index (χ2n) is 12.0. The van der Waals surface area contributed by atoms with Gasteiger partial charge < -0.3 is 15.7 Å². The molecule has 0 fully saturated rings. The minimum absolute atomic E-state index is 0. The van der Waals surface area contributed by atoms with Crippen molar-refractivity contribution in [2.45, 2.75) is 65.3 Å². The van der Waals surface area contributed by atoms with Gasteiger partial charge in [0, 0.05) is 32.9 Å². The SMILES string of the molecule is C.CC(CC(=O)O)NC(=O)c1ccc(CC(C(=O)Nc2ccc(-c3ccc(Cl)cc3Cl)cc2)c2ccc(C(C)(C)C)cc2)cc1. The number of amides is 2. The van der Waals surface area contributed by atoms with Crippen molar-refractivity contribution in [1.29, 1.82) is 0 Å². The van der Waals surface area contributed by atoms with Gasteiger partial charge >= 0.3 is 5.97 Å². The van der Waals surface area contributed by atoms with E-state index in [-0.39, 0.29) is 31.1 Å². The van der Waals surface area contributed by atoms with Crippen molar-refractivity contribution in [1.82, 2.24) is 5.32 Å². The molecule has 0 heterocycles. The third-order valence-electron chi connectivity index (χ3n) is 7.40. The maximum Gasteiger partial charge on any atom is 0.305 e. The highest BCUT2D eigenvalue weighted by atomic mass is 35.5. The Morgan fingerprint density at radius 3 is 2.02 bits per heavy atom. The topological polar surface area (TPSA) is 95.5 Å². The molecule has 0 aliphatic carbocycles. The number of carboxylic acid groups (broad SMARTS) is 1. The summed E-state index contributed by atoms with van der Waals surface area (Å²) >= 11 is 12.4. The minimum Gasteiger partial charge on any atom is -0.481 e. The number of rotatable bonds is 10. The highest BCUT2D eigenvalue weighted by Gasteiger charge is 2.23. The largest absolute Gasteiger partial charge is 0.481 e. The number of hydrogen-bond donors (Lipinski definition) is 3. The Bertz CT molecular complexity index is 1630. The number of carbonyl (C=O) groups is 3. The van der Waals surface area contributed by atoms with Crippen LogP contribution in [-0.4, -0.2) is 28.9 Å². The number of carbonyl (C=O) groups excluding carboxylic acids is 2. The van der Waals surface area contributed by atoms with Crippen molar-refractivity contribution in [2.24, 2.45) is 0 Å². The number of aliphatic carboxylic acids is 1. The molecule has 4 aromatic carbocycles. The van der Waals surface area contributed by atoms with E-state index in [2.05, 4.69) is 43.5 Å². The molecule has 2 unspecified atom stereocenters. The number of nitrogens with one attached hydrogen (secondary N) is 2. The molecule has 2 atom stereocenters. The number of anilines is 1. The molecule has 0 aliphatic heterocycles. The molecule has 0 radical (unpaired) electrons. The van der Waals surface area contributed by atoms with Gasteiger partial charge in [0.1, 0.15) is 0 Å². The first-order chi connectivity index (χ1) is 20.8. The van der Waals surface area contributed by atoms with Crippen LogP contribution in [0, 0.1) is 0 Å². The van der Waals surface area contributed by atoms with Gasteiger partial charge in [-0.05, 0) is 77.4 Å². The van der Waals surface area contributed by atoms with Crippen molar-refractivity contribution in [3.8, 4) is 11.1 Å². The molecule has 0 saturated heterocycles. The predicted molar refractivity (Wildman–Crippen MR) is 184 cm³/mol. The maximum atomic E-state index is 13.8. The zero-order valence-corrected chi connectivity index (χ0v) is 26.7. The fraction of sp³-hybridized carbons (Fsp3) is 0.270. The Hall–Kier alpha value is -4.13. The highest BCUT2D eigenvalue weighted by Crippen LogP contribution is 2.32. The fourth-order valence-corrected chi connectivity index (χ4v) is 5.43. The van der Waals surface area contributed by atoms with E-state index in [0.29, 0.717) is 27.7 Å². The van der Waals surface area contributed by atoms with Crippen molar-refractivity contribution < 1.29 is 19.5 Å². The van der Waals surface area contributed by atoms with Crippen molar-refractivity contribution in [2.75, 3.05) is 5.32 Å². The number of benzene rings is 4. The summed E-state index contributed by atoms with van der Waals surface area (Å²) in [6.45, 7) is 8.09. The molecule has 0 saturated carbocycles. The smallest absolute Gasteiger partial charge is 0.305 e. The lowest BCUT2D eigenvalue weighted by Crippen LogP contribution is -2.34. The molecule has 0 aromatic heterocycles. The van der Waals surface area contributed by atoms with Crippen LogP contribution in [0.2, 0.25) is 10.0 Å². The summed E-state index contributed by atoms with van der Waals surface area (Å²) in [6.07, 6.45) is 0.253. The van der Waals surface area contributed by atoms with Crippen LogP contribution in [0.15, 0.2) is 91.0 Å². The summed E-state index contributed by atoms with van der Waals surface area (Å²) in [5.41, 5.74) is 5.73. The summed E-state index contributed by atoms with van der Waals surface area (Å²) < 4.78 is 0.